The Balaban J connectivity index is 1.96. The quantitative estimate of drug-likeness (QED) is 0.413. The van der Waals surface area contributed by atoms with E-state index in [-0.39, 0.29) is 0 Å². The number of methoxy groups -OCH3 is 1. The van der Waals surface area contributed by atoms with Gasteiger partial charge in [-0.15, -0.1) is 16.8 Å². The van der Waals surface area contributed by atoms with E-state index >= 15 is 0 Å². The molecule has 25 heavy (non-hydrogen) atoms. The van der Waals surface area contributed by atoms with Gasteiger partial charge in [-0.2, -0.15) is 0 Å². The van der Waals surface area contributed by atoms with Gasteiger partial charge in [-0.3, -0.25) is 0 Å². The van der Waals surface area contributed by atoms with Crippen LogP contribution in [0, 0.1) is 0 Å². The van der Waals surface area contributed by atoms with E-state index in [1.54, 1.807) is 19.5 Å². The molecule has 7 nitrogen and oxygen atoms in total. The van der Waals surface area contributed by atoms with E-state index in [4.69, 9.17) is 4.74 Å². The van der Waals surface area contributed by atoms with Crippen molar-refractivity contribution in [3.63, 3.8) is 0 Å². The number of para-hydroxylation sites is 1. The first-order chi connectivity index (χ1) is 12.3. The summed E-state index contributed by atoms with van der Waals surface area (Å²) >= 11 is 0. The van der Waals surface area contributed by atoms with Gasteiger partial charge in [0.15, 0.2) is 5.96 Å². The van der Waals surface area contributed by atoms with Crippen molar-refractivity contribution < 1.29 is 4.74 Å². The van der Waals surface area contributed by atoms with Crippen molar-refractivity contribution in [1.29, 1.82) is 0 Å². The molecule has 2 rings (SSSR count). The Labute approximate surface area is 148 Å². The van der Waals surface area contributed by atoms with E-state index in [0.717, 1.165) is 42.6 Å². The molecule has 134 valence electrons. The summed E-state index contributed by atoms with van der Waals surface area (Å²) in [4.78, 5) is 4.63. The first-order valence-corrected chi connectivity index (χ1v) is 8.40. The molecule has 0 saturated heterocycles. The summed E-state index contributed by atoms with van der Waals surface area (Å²) in [6, 6.07) is 7.88. The smallest absolute Gasteiger partial charge is 0.191 e. The lowest BCUT2D eigenvalue weighted by molar-refractivity contribution is 0.410. The molecule has 0 bridgehead atoms. The highest BCUT2D eigenvalue weighted by Crippen LogP contribution is 2.17. The Morgan fingerprint density at radius 1 is 1.36 bits per heavy atom. The van der Waals surface area contributed by atoms with Gasteiger partial charge in [0.05, 0.1) is 13.7 Å². The second-order valence-electron chi connectivity index (χ2n) is 5.37. The van der Waals surface area contributed by atoms with E-state index in [9.17, 15) is 0 Å². The van der Waals surface area contributed by atoms with Crippen LogP contribution in [0.1, 0.15) is 18.3 Å². The fourth-order valence-electron chi connectivity index (χ4n) is 2.38. The van der Waals surface area contributed by atoms with Gasteiger partial charge in [0.25, 0.3) is 0 Å². The maximum absolute atomic E-state index is 5.37. The Hall–Kier alpha value is -2.83. The van der Waals surface area contributed by atoms with Gasteiger partial charge in [-0.1, -0.05) is 31.2 Å². The van der Waals surface area contributed by atoms with Crippen LogP contribution in [0.25, 0.3) is 0 Å². The third kappa shape index (κ3) is 5.63. The number of nitrogens with one attached hydrogen (secondary N) is 2. The molecule has 0 aliphatic rings. The summed E-state index contributed by atoms with van der Waals surface area (Å²) in [6.45, 7) is 8.48. The number of aromatic nitrogens is 3. The zero-order chi connectivity index (χ0) is 17.9. The largest absolute Gasteiger partial charge is 0.496 e. The van der Waals surface area contributed by atoms with Crippen molar-refractivity contribution in [1.82, 2.24) is 25.4 Å². The molecule has 7 heteroatoms. The Kier molecular flexibility index (Phi) is 7.49. The van der Waals surface area contributed by atoms with E-state index in [1.165, 1.54) is 0 Å². The minimum Gasteiger partial charge on any atom is -0.496 e. The minimum absolute atomic E-state index is 0.531. The summed E-state index contributed by atoms with van der Waals surface area (Å²) in [5.41, 5.74) is 1.04. The molecule has 0 unspecified atom stereocenters. The van der Waals surface area contributed by atoms with Crippen LogP contribution in [-0.2, 0) is 19.5 Å². The molecule has 2 N–H and O–H groups in total. The normalized spacial score (nSPS) is 11.2. The summed E-state index contributed by atoms with van der Waals surface area (Å²) in [5, 5.41) is 14.6. The third-order valence-corrected chi connectivity index (χ3v) is 3.67. The monoisotopic (exact) mass is 342 g/mol. The number of rotatable bonds is 9. The van der Waals surface area contributed by atoms with E-state index < -0.39 is 0 Å². The molecule has 0 atom stereocenters. The molecule has 0 aliphatic carbocycles. The van der Waals surface area contributed by atoms with Gasteiger partial charge >= 0.3 is 0 Å². The molecule has 0 fully saturated rings. The first-order valence-electron chi connectivity index (χ1n) is 8.40. The second kappa shape index (κ2) is 10.1. The Morgan fingerprint density at radius 3 is 2.96 bits per heavy atom. The number of nitrogens with zero attached hydrogens (tertiary/aromatic N) is 4. The predicted octanol–water partition coefficient (Wildman–Crippen LogP) is 1.77. The van der Waals surface area contributed by atoms with E-state index in [0.29, 0.717) is 13.1 Å². The van der Waals surface area contributed by atoms with Gasteiger partial charge < -0.3 is 19.9 Å². The highest BCUT2D eigenvalue weighted by Gasteiger charge is 2.04. The number of guanidine groups is 1. The maximum Gasteiger partial charge on any atom is 0.191 e. The van der Waals surface area contributed by atoms with Crippen LogP contribution in [0.3, 0.4) is 0 Å². The van der Waals surface area contributed by atoms with Crippen LogP contribution in [0.2, 0.25) is 0 Å². The number of hydrogen-bond acceptors (Lipinski definition) is 4. The molecule has 0 saturated carbocycles. The second-order valence-corrected chi connectivity index (χ2v) is 5.37. The zero-order valence-electron chi connectivity index (χ0n) is 14.9. The number of hydrogen-bond donors (Lipinski definition) is 2. The lowest BCUT2D eigenvalue weighted by Crippen LogP contribution is -2.39. The maximum atomic E-state index is 5.37. The van der Waals surface area contributed by atoms with E-state index in [2.05, 4.69) is 39.3 Å². The van der Waals surface area contributed by atoms with Gasteiger partial charge in [-0.05, 0) is 6.07 Å². The summed E-state index contributed by atoms with van der Waals surface area (Å²) in [7, 11) is 1.67. The van der Waals surface area contributed by atoms with Crippen LogP contribution in [-0.4, -0.2) is 40.9 Å². The van der Waals surface area contributed by atoms with Crippen LogP contribution < -0.4 is 15.4 Å². The van der Waals surface area contributed by atoms with Crippen molar-refractivity contribution >= 4 is 5.96 Å². The lowest BCUT2D eigenvalue weighted by Gasteiger charge is -2.13. The average molecular weight is 342 g/mol. The highest BCUT2D eigenvalue weighted by molar-refractivity contribution is 5.79. The molecular formula is C18H26N6O. The van der Waals surface area contributed by atoms with Crippen molar-refractivity contribution in [3.05, 3.63) is 54.6 Å². The van der Waals surface area contributed by atoms with Crippen LogP contribution >= 0.6 is 0 Å². The van der Waals surface area contributed by atoms with Crippen molar-refractivity contribution in [3.8, 4) is 5.75 Å². The summed E-state index contributed by atoms with van der Waals surface area (Å²) in [5.74, 6) is 2.55. The highest BCUT2D eigenvalue weighted by atomic mass is 16.5. The molecule has 1 heterocycles. The molecule has 2 aromatic rings. The molecule has 0 radical (unpaired) electrons. The van der Waals surface area contributed by atoms with Gasteiger partial charge in [-0.25, -0.2) is 4.99 Å². The predicted molar refractivity (Wildman–Crippen MR) is 99.7 cm³/mol. The Bertz CT molecular complexity index is 694. The lowest BCUT2D eigenvalue weighted by atomic mass is 10.2. The number of ether oxygens (including phenoxy) is 1. The number of aliphatic imine (C=N–C) groups is 1. The topological polar surface area (TPSA) is 76.4 Å². The first kappa shape index (κ1) is 18.5. The van der Waals surface area contributed by atoms with Gasteiger partial charge in [0.2, 0.25) is 0 Å². The fourth-order valence-corrected chi connectivity index (χ4v) is 2.38. The molecule has 0 spiro atoms. The van der Waals surface area contributed by atoms with Crippen molar-refractivity contribution in [2.45, 2.75) is 26.4 Å². The molecule has 0 aliphatic heterocycles. The standard InChI is InChI=1S/C18H26N6O/c1-4-10-19-18(20-11-12-24-14-22-23-17(24)5-2)21-13-15-8-6-7-9-16(15)25-3/h4,6-9,14H,1,5,10-13H2,2-3H3,(H2,19,20,21). The number of benzene rings is 1. The van der Waals surface area contributed by atoms with E-state index in [1.807, 2.05) is 28.8 Å². The SMILES string of the molecule is C=CCNC(=NCc1ccccc1OC)NCCn1cnnc1CC. The molecular weight excluding hydrogens is 316 g/mol. The van der Waals surface area contributed by atoms with Crippen LogP contribution in [0.15, 0.2) is 48.2 Å². The van der Waals surface area contributed by atoms with Crippen molar-refractivity contribution in [2.24, 2.45) is 4.99 Å². The molecule has 1 aromatic heterocycles. The van der Waals surface area contributed by atoms with Crippen LogP contribution in [0.4, 0.5) is 0 Å². The fraction of sp³-hybridized carbons (Fsp3) is 0.389. The van der Waals surface area contributed by atoms with Crippen molar-refractivity contribution in [2.75, 3.05) is 20.2 Å². The van der Waals surface area contributed by atoms with Gasteiger partial charge in [0, 0.05) is 31.6 Å². The third-order valence-electron chi connectivity index (χ3n) is 3.67. The zero-order valence-corrected chi connectivity index (χ0v) is 14.9. The molecule has 0 amide bonds. The average Bonchev–Trinajstić information content (AvgIpc) is 3.11. The minimum atomic E-state index is 0.531. The summed E-state index contributed by atoms with van der Waals surface area (Å²) in [6.07, 6.45) is 4.42. The van der Waals surface area contributed by atoms with Gasteiger partial charge in [0.1, 0.15) is 17.9 Å². The number of aryl methyl sites for hydroxylation is 1. The Morgan fingerprint density at radius 2 is 2.20 bits per heavy atom. The summed E-state index contributed by atoms with van der Waals surface area (Å²) < 4.78 is 7.41. The molecule has 1 aromatic carbocycles. The van der Waals surface area contributed by atoms with Crippen LogP contribution in [0.5, 0.6) is 5.75 Å².